The Bertz CT molecular complexity index is 855. The molecular formula is C15H13ClN2O2S. The first-order valence-electron chi connectivity index (χ1n) is 6.45. The minimum absolute atomic E-state index is 0.0356. The smallest absolute Gasteiger partial charge is 0.260 e. The van der Waals surface area contributed by atoms with Crippen LogP contribution in [0.5, 0.6) is 5.75 Å². The first-order chi connectivity index (χ1) is 10.1. The van der Waals surface area contributed by atoms with E-state index in [0.717, 1.165) is 5.56 Å². The summed E-state index contributed by atoms with van der Waals surface area (Å²) in [6.45, 7) is 0.421. The molecule has 0 unspecified atom stereocenters. The van der Waals surface area contributed by atoms with Gasteiger partial charge in [0.2, 0.25) is 0 Å². The van der Waals surface area contributed by atoms with Crippen molar-refractivity contribution in [2.45, 2.75) is 6.42 Å². The number of rotatable bonds is 3. The molecule has 4 nitrogen and oxygen atoms in total. The molecule has 3 aromatic rings. The van der Waals surface area contributed by atoms with Gasteiger partial charge in [0.15, 0.2) is 0 Å². The normalized spacial score (nSPS) is 11.1. The lowest BCUT2D eigenvalue weighted by atomic mass is 10.0. The topological polar surface area (TPSA) is 79.1 Å². The fourth-order valence-corrected chi connectivity index (χ4v) is 3.81. The molecule has 0 aliphatic heterocycles. The molecule has 21 heavy (non-hydrogen) atoms. The molecule has 0 spiro atoms. The predicted molar refractivity (Wildman–Crippen MR) is 87.3 cm³/mol. The van der Waals surface area contributed by atoms with E-state index in [-0.39, 0.29) is 16.9 Å². The second-order valence-corrected chi connectivity index (χ2v) is 6.26. The van der Waals surface area contributed by atoms with E-state index in [4.69, 9.17) is 17.3 Å². The van der Waals surface area contributed by atoms with Crippen LogP contribution in [0.2, 0.25) is 4.34 Å². The van der Waals surface area contributed by atoms with E-state index >= 15 is 0 Å². The van der Waals surface area contributed by atoms with Crippen LogP contribution < -0.4 is 11.3 Å². The molecule has 0 saturated carbocycles. The summed E-state index contributed by atoms with van der Waals surface area (Å²) in [7, 11) is 0. The van der Waals surface area contributed by atoms with Crippen LogP contribution in [0, 0.1) is 0 Å². The molecule has 2 aromatic heterocycles. The number of nitrogens with one attached hydrogen (secondary N) is 1. The van der Waals surface area contributed by atoms with Crippen molar-refractivity contribution >= 4 is 33.2 Å². The van der Waals surface area contributed by atoms with Gasteiger partial charge in [-0.25, -0.2) is 0 Å². The summed E-state index contributed by atoms with van der Waals surface area (Å²) in [6.07, 6.45) is 0.548. The van der Waals surface area contributed by atoms with Crippen molar-refractivity contribution < 1.29 is 5.11 Å². The molecule has 2 heterocycles. The summed E-state index contributed by atoms with van der Waals surface area (Å²) < 4.78 is 0.548. The number of benzene rings is 1. The number of hydrogen-bond donors (Lipinski definition) is 3. The van der Waals surface area contributed by atoms with Gasteiger partial charge < -0.3 is 15.8 Å². The highest BCUT2D eigenvalue weighted by Gasteiger charge is 2.20. The van der Waals surface area contributed by atoms with Gasteiger partial charge in [0, 0.05) is 0 Å². The SMILES string of the molecule is NCCc1c(Cl)sc2[nH]c(=O)c(-c3ccccc3)c(O)c12. The highest BCUT2D eigenvalue weighted by atomic mass is 35.5. The van der Waals surface area contributed by atoms with Crippen molar-refractivity contribution in [2.24, 2.45) is 5.73 Å². The summed E-state index contributed by atoms with van der Waals surface area (Å²) in [5.41, 5.74) is 6.98. The Morgan fingerprint density at radius 2 is 2.00 bits per heavy atom. The van der Waals surface area contributed by atoms with Crippen LogP contribution >= 0.6 is 22.9 Å². The molecular weight excluding hydrogens is 308 g/mol. The number of H-pyrrole nitrogens is 1. The number of aromatic amines is 1. The largest absolute Gasteiger partial charge is 0.506 e. The number of pyridine rings is 1. The summed E-state index contributed by atoms with van der Waals surface area (Å²) in [5.74, 6) is -0.0356. The third-order valence-corrected chi connectivity index (χ3v) is 4.74. The second kappa shape index (κ2) is 5.52. The lowest BCUT2D eigenvalue weighted by molar-refractivity contribution is 0.482. The second-order valence-electron chi connectivity index (χ2n) is 4.64. The molecule has 1 aromatic carbocycles. The molecule has 0 aliphatic carbocycles. The summed E-state index contributed by atoms with van der Waals surface area (Å²) in [6, 6.07) is 9.06. The Kier molecular flexibility index (Phi) is 3.71. The van der Waals surface area contributed by atoms with Crippen molar-refractivity contribution in [2.75, 3.05) is 6.54 Å². The lowest BCUT2D eigenvalue weighted by Gasteiger charge is -2.07. The molecule has 108 valence electrons. The molecule has 0 bridgehead atoms. The lowest BCUT2D eigenvalue weighted by Crippen LogP contribution is -2.09. The Balaban J connectivity index is 2.37. The van der Waals surface area contributed by atoms with E-state index in [1.54, 1.807) is 12.1 Å². The summed E-state index contributed by atoms with van der Waals surface area (Å²) in [5, 5.41) is 11.2. The molecule has 0 atom stereocenters. The van der Waals surface area contributed by atoms with Crippen molar-refractivity contribution in [3.05, 3.63) is 50.6 Å². The van der Waals surface area contributed by atoms with E-state index < -0.39 is 0 Å². The average Bonchev–Trinajstić information content (AvgIpc) is 2.77. The number of halogens is 1. The standard InChI is InChI=1S/C15H13ClN2O2S/c16-13-9(6-7-17)11-12(19)10(8-4-2-1-3-5-8)14(20)18-15(11)21-13/h1-5H,6-7,17H2,(H2,18,19,20). The van der Waals surface area contributed by atoms with Gasteiger partial charge in [0.05, 0.1) is 15.3 Å². The van der Waals surface area contributed by atoms with Gasteiger partial charge in [-0.15, -0.1) is 11.3 Å². The van der Waals surface area contributed by atoms with E-state index in [9.17, 15) is 9.90 Å². The molecule has 6 heteroatoms. The van der Waals surface area contributed by atoms with Crippen molar-refractivity contribution in [1.29, 1.82) is 0 Å². The van der Waals surface area contributed by atoms with Crippen LogP contribution in [0.25, 0.3) is 21.3 Å². The molecule has 0 saturated heterocycles. The Labute approximate surface area is 129 Å². The highest BCUT2D eigenvalue weighted by Crippen LogP contribution is 2.41. The molecule has 0 amide bonds. The number of thiophene rings is 1. The molecule has 0 aliphatic rings. The van der Waals surface area contributed by atoms with Crippen LogP contribution in [0.1, 0.15) is 5.56 Å². The molecule has 4 N–H and O–H groups in total. The van der Waals surface area contributed by atoms with E-state index in [1.807, 2.05) is 18.2 Å². The average molecular weight is 321 g/mol. The molecule has 0 fully saturated rings. The Hall–Kier alpha value is -1.82. The zero-order chi connectivity index (χ0) is 15.0. The van der Waals surface area contributed by atoms with Crippen LogP contribution in [0.3, 0.4) is 0 Å². The minimum Gasteiger partial charge on any atom is -0.506 e. The minimum atomic E-state index is -0.330. The maximum absolute atomic E-state index is 12.3. The van der Waals surface area contributed by atoms with Gasteiger partial charge >= 0.3 is 0 Å². The quantitative estimate of drug-likeness (QED) is 0.693. The van der Waals surface area contributed by atoms with E-state index in [0.29, 0.717) is 33.1 Å². The van der Waals surface area contributed by atoms with Crippen molar-refractivity contribution in [3.8, 4) is 16.9 Å². The van der Waals surface area contributed by atoms with Gasteiger partial charge in [-0.2, -0.15) is 0 Å². The number of fused-ring (bicyclic) bond motifs is 1. The van der Waals surface area contributed by atoms with Gasteiger partial charge in [-0.3, -0.25) is 4.79 Å². The predicted octanol–water partition coefficient (Wildman–Crippen LogP) is 3.12. The zero-order valence-electron chi connectivity index (χ0n) is 11.0. The summed E-state index contributed by atoms with van der Waals surface area (Å²) in [4.78, 5) is 15.6. The van der Waals surface area contributed by atoms with Crippen molar-refractivity contribution in [3.63, 3.8) is 0 Å². The molecule has 3 rings (SSSR count). The van der Waals surface area contributed by atoms with Gasteiger partial charge in [0.25, 0.3) is 5.56 Å². The summed E-state index contributed by atoms with van der Waals surface area (Å²) >= 11 is 7.44. The number of nitrogens with two attached hydrogens (primary N) is 1. The van der Waals surface area contributed by atoms with Crippen LogP contribution in [0.15, 0.2) is 35.1 Å². The van der Waals surface area contributed by atoms with E-state index in [2.05, 4.69) is 4.98 Å². The third-order valence-electron chi connectivity index (χ3n) is 3.34. The first kappa shape index (κ1) is 14.1. The van der Waals surface area contributed by atoms with Crippen LogP contribution in [0.4, 0.5) is 0 Å². The zero-order valence-corrected chi connectivity index (χ0v) is 12.6. The van der Waals surface area contributed by atoms with E-state index in [1.165, 1.54) is 11.3 Å². The van der Waals surface area contributed by atoms with Crippen LogP contribution in [-0.4, -0.2) is 16.6 Å². The molecule has 0 radical (unpaired) electrons. The number of aromatic hydroxyl groups is 1. The number of aromatic nitrogens is 1. The first-order valence-corrected chi connectivity index (χ1v) is 7.64. The van der Waals surface area contributed by atoms with Crippen LogP contribution in [-0.2, 0) is 6.42 Å². The highest BCUT2D eigenvalue weighted by molar-refractivity contribution is 7.22. The number of hydrogen-bond acceptors (Lipinski definition) is 4. The van der Waals surface area contributed by atoms with Crippen molar-refractivity contribution in [1.82, 2.24) is 4.98 Å². The van der Waals surface area contributed by atoms with Gasteiger partial charge in [0.1, 0.15) is 10.6 Å². The van der Waals surface area contributed by atoms with Gasteiger partial charge in [-0.05, 0) is 24.1 Å². The fraction of sp³-hybridized carbons (Fsp3) is 0.133. The Morgan fingerprint density at radius 1 is 1.29 bits per heavy atom. The fourth-order valence-electron chi connectivity index (χ4n) is 2.41. The monoisotopic (exact) mass is 320 g/mol. The third kappa shape index (κ3) is 2.33. The maximum atomic E-state index is 12.3. The Morgan fingerprint density at radius 3 is 2.67 bits per heavy atom. The van der Waals surface area contributed by atoms with Gasteiger partial charge in [-0.1, -0.05) is 41.9 Å². The maximum Gasteiger partial charge on any atom is 0.260 e.